The minimum atomic E-state index is -4.77. The van der Waals surface area contributed by atoms with Crippen molar-refractivity contribution in [2.75, 3.05) is 17.2 Å². The Morgan fingerprint density at radius 1 is 1.15 bits per heavy atom. The van der Waals surface area contributed by atoms with Gasteiger partial charge in [-0.15, -0.1) is 0 Å². The minimum Gasteiger partial charge on any atom is -0.368 e. The van der Waals surface area contributed by atoms with Gasteiger partial charge in [-0.05, 0) is 61.7 Å². The van der Waals surface area contributed by atoms with Crippen LogP contribution in [0, 0.1) is 12.7 Å². The lowest BCUT2D eigenvalue weighted by Gasteiger charge is -2.17. The maximum Gasteiger partial charge on any atom is 0.418 e. The summed E-state index contributed by atoms with van der Waals surface area (Å²) in [5.74, 6) is -1.69. The van der Waals surface area contributed by atoms with Gasteiger partial charge in [0.1, 0.15) is 11.9 Å². The molecule has 174 valence electrons. The van der Waals surface area contributed by atoms with Crippen molar-refractivity contribution in [3.05, 3.63) is 59.0 Å². The molecule has 1 fully saturated rings. The fraction of sp³-hybridized carbons (Fsp3) is 0.304. The number of carbonyl (C=O) groups is 2. The van der Waals surface area contributed by atoms with Crippen molar-refractivity contribution in [3.63, 3.8) is 0 Å². The summed E-state index contributed by atoms with van der Waals surface area (Å²) in [6, 6.07) is 7.22. The number of H-pyrrole nitrogens is 1. The Kier molecular flexibility index (Phi) is 6.11. The number of ether oxygens (including phenoxy) is 1. The molecule has 1 aliphatic heterocycles. The third-order valence-electron chi connectivity index (χ3n) is 5.51. The van der Waals surface area contributed by atoms with Gasteiger partial charge in [-0.1, -0.05) is 0 Å². The van der Waals surface area contributed by atoms with Gasteiger partial charge in [-0.2, -0.15) is 13.2 Å². The molecule has 0 radical (unpaired) electrons. The molecule has 3 N–H and O–H groups in total. The van der Waals surface area contributed by atoms with Crippen molar-refractivity contribution >= 4 is 34.1 Å². The van der Waals surface area contributed by atoms with Crippen LogP contribution >= 0.6 is 0 Å². The topological polar surface area (TPSA) is 83.2 Å². The number of aromatic nitrogens is 1. The van der Waals surface area contributed by atoms with Crippen LogP contribution in [0.15, 0.2) is 36.4 Å². The molecule has 33 heavy (non-hydrogen) atoms. The maximum atomic E-state index is 13.7. The van der Waals surface area contributed by atoms with Crippen LogP contribution in [0.2, 0.25) is 0 Å². The highest BCUT2D eigenvalue weighted by Gasteiger charge is 2.35. The highest BCUT2D eigenvalue weighted by molar-refractivity contribution is 5.98. The number of amides is 2. The van der Waals surface area contributed by atoms with Gasteiger partial charge in [0.15, 0.2) is 0 Å². The molecule has 1 atom stereocenters. The SMILES string of the molecule is Cc1[nH]c2ccc(F)cc2c1CC(=O)Nc1ccc(NC(=O)C2CCCO2)cc1C(F)(F)F. The van der Waals surface area contributed by atoms with Crippen molar-refractivity contribution in [2.45, 2.75) is 38.5 Å². The maximum absolute atomic E-state index is 13.7. The van der Waals surface area contributed by atoms with Crippen LogP contribution in [0.5, 0.6) is 0 Å². The van der Waals surface area contributed by atoms with Crippen molar-refractivity contribution in [2.24, 2.45) is 0 Å². The first-order valence-corrected chi connectivity index (χ1v) is 10.3. The van der Waals surface area contributed by atoms with Crippen LogP contribution in [0.1, 0.15) is 29.7 Å². The van der Waals surface area contributed by atoms with E-state index >= 15 is 0 Å². The molecule has 0 bridgehead atoms. The zero-order valence-electron chi connectivity index (χ0n) is 17.6. The largest absolute Gasteiger partial charge is 0.418 e. The monoisotopic (exact) mass is 463 g/mol. The second-order valence-corrected chi connectivity index (χ2v) is 7.89. The second kappa shape index (κ2) is 8.86. The van der Waals surface area contributed by atoms with Gasteiger partial charge in [0.2, 0.25) is 5.91 Å². The highest BCUT2D eigenvalue weighted by atomic mass is 19.4. The molecule has 0 aliphatic carbocycles. The van der Waals surface area contributed by atoms with Crippen LogP contribution in [-0.4, -0.2) is 29.5 Å². The molecule has 1 unspecified atom stereocenters. The van der Waals surface area contributed by atoms with Crippen molar-refractivity contribution in [1.82, 2.24) is 4.98 Å². The molecule has 2 aromatic carbocycles. The summed E-state index contributed by atoms with van der Waals surface area (Å²) in [5, 5.41) is 5.21. The summed E-state index contributed by atoms with van der Waals surface area (Å²) in [4.78, 5) is 27.8. The molecule has 0 saturated carbocycles. The molecule has 1 aromatic heterocycles. The van der Waals surface area contributed by atoms with Gasteiger partial charge in [0, 0.05) is 28.9 Å². The Bertz CT molecular complexity index is 1210. The summed E-state index contributed by atoms with van der Waals surface area (Å²) < 4.78 is 59.9. The number of aromatic amines is 1. The van der Waals surface area contributed by atoms with Gasteiger partial charge in [-0.25, -0.2) is 4.39 Å². The predicted molar refractivity (Wildman–Crippen MR) is 114 cm³/mol. The number of aryl methyl sites for hydroxylation is 1. The Morgan fingerprint density at radius 2 is 1.94 bits per heavy atom. The molecule has 2 amide bonds. The van der Waals surface area contributed by atoms with Gasteiger partial charge in [0.25, 0.3) is 5.91 Å². The third-order valence-corrected chi connectivity index (χ3v) is 5.51. The average molecular weight is 463 g/mol. The molecule has 10 heteroatoms. The van der Waals surface area contributed by atoms with Crippen LogP contribution in [0.25, 0.3) is 10.9 Å². The number of carbonyl (C=O) groups excluding carboxylic acids is 2. The van der Waals surface area contributed by atoms with Crippen LogP contribution in [0.4, 0.5) is 28.9 Å². The number of hydrogen-bond acceptors (Lipinski definition) is 3. The molecule has 1 aliphatic rings. The number of benzene rings is 2. The predicted octanol–water partition coefficient (Wildman–Crippen LogP) is 4.93. The normalized spacial score (nSPS) is 16.2. The number of anilines is 2. The number of hydrogen-bond donors (Lipinski definition) is 3. The molecule has 3 aromatic rings. The van der Waals surface area contributed by atoms with E-state index in [4.69, 9.17) is 4.74 Å². The van der Waals surface area contributed by atoms with E-state index in [1.54, 1.807) is 6.92 Å². The number of nitrogens with one attached hydrogen (secondary N) is 3. The molecule has 6 nitrogen and oxygen atoms in total. The first-order chi connectivity index (χ1) is 15.6. The van der Waals surface area contributed by atoms with E-state index in [0.29, 0.717) is 41.6 Å². The van der Waals surface area contributed by atoms with E-state index in [0.717, 1.165) is 12.1 Å². The Hall–Kier alpha value is -3.40. The first-order valence-electron chi connectivity index (χ1n) is 10.3. The fourth-order valence-electron chi connectivity index (χ4n) is 3.91. The van der Waals surface area contributed by atoms with E-state index in [1.165, 1.54) is 24.3 Å². The lowest BCUT2D eigenvalue weighted by atomic mass is 10.1. The Morgan fingerprint density at radius 3 is 2.64 bits per heavy atom. The van der Waals surface area contributed by atoms with Gasteiger partial charge in [-0.3, -0.25) is 9.59 Å². The number of fused-ring (bicyclic) bond motifs is 1. The fourth-order valence-corrected chi connectivity index (χ4v) is 3.91. The van der Waals surface area contributed by atoms with E-state index in [2.05, 4.69) is 15.6 Å². The zero-order chi connectivity index (χ0) is 23.8. The Labute approximate surface area is 186 Å². The zero-order valence-corrected chi connectivity index (χ0v) is 17.6. The van der Waals surface area contributed by atoms with E-state index in [1.807, 2.05) is 0 Å². The van der Waals surface area contributed by atoms with E-state index in [-0.39, 0.29) is 12.1 Å². The quantitative estimate of drug-likeness (QED) is 0.469. The highest BCUT2D eigenvalue weighted by Crippen LogP contribution is 2.37. The van der Waals surface area contributed by atoms with Gasteiger partial charge >= 0.3 is 6.18 Å². The summed E-state index contributed by atoms with van der Waals surface area (Å²) in [7, 11) is 0. The molecule has 0 spiro atoms. The standard InChI is InChI=1S/C23H21F4N3O3/c1-12-15(16-9-13(24)4-6-18(16)28-12)11-21(31)30-19-7-5-14(10-17(19)23(25,26)27)29-22(32)20-3-2-8-33-20/h4-7,9-10,20,28H,2-3,8,11H2,1H3,(H,29,32)(H,30,31). The lowest BCUT2D eigenvalue weighted by Crippen LogP contribution is -2.27. The van der Waals surface area contributed by atoms with Gasteiger partial charge < -0.3 is 20.4 Å². The molecule has 4 rings (SSSR count). The third kappa shape index (κ3) is 5.00. The van der Waals surface area contributed by atoms with E-state index < -0.39 is 41.2 Å². The smallest absolute Gasteiger partial charge is 0.368 e. The van der Waals surface area contributed by atoms with E-state index in [9.17, 15) is 27.2 Å². The first kappa shape index (κ1) is 22.8. The Balaban J connectivity index is 1.54. The number of halogens is 4. The number of alkyl halides is 3. The molecular weight excluding hydrogens is 442 g/mol. The number of rotatable bonds is 5. The van der Waals surface area contributed by atoms with Crippen molar-refractivity contribution < 1.29 is 31.9 Å². The summed E-state index contributed by atoms with van der Waals surface area (Å²) >= 11 is 0. The second-order valence-electron chi connectivity index (χ2n) is 7.89. The van der Waals surface area contributed by atoms with Crippen molar-refractivity contribution in [3.8, 4) is 0 Å². The summed E-state index contributed by atoms with van der Waals surface area (Å²) in [5.41, 5.74) is 0.154. The average Bonchev–Trinajstić information content (AvgIpc) is 3.37. The molecule has 1 saturated heterocycles. The summed E-state index contributed by atoms with van der Waals surface area (Å²) in [6.45, 7) is 2.13. The van der Waals surface area contributed by atoms with Crippen LogP contribution in [0.3, 0.4) is 0 Å². The lowest BCUT2D eigenvalue weighted by molar-refractivity contribution is -0.137. The van der Waals surface area contributed by atoms with Crippen LogP contribution in [-0.2, 0) is 26.9 Å². The van der Waals surface area contributed by atoms with Gasteiger partial charge in [0.05, 0.1) is 17.7 Å². The molecular formula is C23H21F4N3O3. The minimum absolute atomic E-state index is 0.0521. The summed E-state index contributed by atoms with van der Waals surface area (Å²) in [6.07, 6.45) is -4.50. The van der Waals surface area contributed by atoms with Crippen molar-refractivity contribution in [1.29, 1.82) is 0 Å². The molecule has 2 heterocycles. The van der Waals surface area contributed by atoms with Crippen LogP contribution < -0.4 is 10.6 Å².